The van der Waals surface area contributed by atoms with Crippen LogP contribution in [0.3, 0.4) is 0 Å². The molecule has 1 unspecified atom stereocenters. The van der Waals surface area contributed by atoms with Crippen molar-refractivity contribution in [3.63, 3.8) is 0 Å². The van der Waals surface area contributed by atoms with Gasteiger partial charge in [0.15, 0.2) is 0 Å². The minimum absolute atomic E-state index is 0.530. The second-order valence-electron chi connectivity index (χ2n) is 2.88. The Bertz CT molecular complexity index is 271. The molecule has 1 aromatic rings. The quantitative estimate of drug-likeness (QED) is 0.789. The first-order chi connectivity index (χ1) is 6.15. The van der Waals surface area contributed by atoms with E-state index in [-0.39, 0.29) is 0 Å². The Morgan fingerprint density at radius 1 is 1.62 bits per heavy atom. The van der Waals surface area contributed by atoms with Crippen LogP contribution in [0, 0.1) is 0 Å². The largest absolute Gasteiger partial charge is 0.397 e. The first kappa shape index (κ1) is 10.7. The molecular formula is C9H13ClN2S. The summed E-state index contributed by atoms with van der Waals surface area (Å²) in [5, 5.41) is 1.17. The Hall–Kier alpha value is -0.410. The minimum Gasteiger partial charge on any atom is -0.397 e. The summed E-state index contributed by atoms with van der Waals surface area (Å²) < 4.78 is 0. The fraction of sp³-hybridized carbons (Fsp3) is 0.444. The molecule has 13 heavy (non-hydrogen) atoms. The van der Waals surface area contributed by atoms with Crippen molar-refractivity contribution in [1.29, 1.82) is 0 Å². The highest BCUT2D eigenvalue weighted by Crippen LogP contribution is 2.34. The predicted molar refractivity (Wildman–Crippen MR) is 59.3 cm³/mol. The van der Waals surface area contributed by atoms with Crippen LogP contribution >= 0.6 is 23.4 Å². The van der Waals surface area contributed by atoms with E-state index in [2.05, 4.69) is 18.8 Å². The molecule has 1 aromatic heterocycles. The fourth-order valence-electron chi connectivity index (χ4n) is 0.847. The van der Waals surface area contributed by atoms with Crippen molar-refractivity contribution in [3.8, 4) is 0 Å². The van der Waals surface area contributed by atoms with E-state index in [1.165, 1.54) is 0 Å². The molecule has 2 nitrogen and oxygen atoms in total. The average molecular weight is 217 g/mol. The average Bonchev–Trinajstić information content (AvgIpc) is 2.11. The van der Waals surface area contributed by atoms with Crippen molar-refractivity contribution in [1.82, 2.24) is 4.98 Å². The van der Waals surface area contributed by atoms with E-state index in [0.29, 0.717) is 16.0 Å². The zero-order valence-corrected chi connectivity index (χ0v) is 9.32. The van der Waals surface area contributed by atoms with Gasteiger partial charge in [0.05, 0.1) is 21.8 Å². The van der Waals surface area contributed by atoms with E-state index in [9.17, 15) is 0 Å². The van der Waals surface area contributed by atoms with Gasteiger partial charge in [0.25, 0.3) is 0 Å². The highest BCUT2D eigenvalue weighted by molar-refractivity contribution is 8.00. The number of nitrogen functional groups attached to an aromatic ring is 1. The number of rotatable bonds is 3. The SMILES string of the molecule is CCC(C)Sc1c(N)cncc1Cl. The first-order valence-electron chi connectivity index (χ1n) is 4.20. The third-order valence-electron chi connectivity index (χ3n) is 1.77. The fourth-order valence-corrected chi connectivity index (χ4v) is 2.07. The molecule has 2 N–H and O–H groups in total. The van der Waals surface area contributed by atoms with Crippen LogP contribution in [0.1, 0.15) is 20.3 Å². The number of aromatic nitrogens is 1. The molecule has 0 radical (unpaired) electrons. The van der Waals surface area contributed by atoms with Gasteiger partial charge in [0.1, 0.15) is 0 Å². The van der Waals surface area contributed by atoms with Crippen LogP contribution in [0.4, 0.5) is 5.69 Å². The summed E-state index contributed by atoms with van der Waals surface area (Å²) in [6.07, 6.45) is 4.36. The van der Waals surface area contributed by atoms with E-state index in [4.69, 9.17) is 17.3 Å². The van der Waals surface area contributed by atoms with Gasteiger partial charge in [-0.1, -0.05) is 25.4 Å². The van der Waals surface area contributed by atoms with Gasteiger partial charge in [-0.3, -0.25) is 4.98 Å². The molecule has 1 rings (SSSR count). The summed E-state index contributed by atoms with van der Waals surface area (Å²) in [5.74, 6) is 0. The van der Waals surface area contributed by atoms with E-state index in [0.717, 1.165) is 11.3 Å². The maximum Gasteiger partial charge on any atom is 0.0746 e. The van der Waals surface area contributed by atoms with Crippen molar-refractivity contribution in [3.05, 3.63) is 17.4 Å². The molecule has 0 amide bonds. The Labute approximate surface area is 87.9 Å². The van der Waals surface area contributed by atoms with Crippen LogP contribution in [0.25, 0.3) is 0 Å². The molecule has 0 aliphatic heterocycles. The smallest absolute Gasteiger partial charge is 0.0746 e. The molecule has 1 heterocycles. The normalized spacial score (nSPS) is 12.8. The highest BCUT2D eigenvalue weighted by atomic mass is 35.5. The number of hydrogen-bond acceptors (Lipinski definition) is 3. The lowest BCUT2D eigenvalue weighted by molar-refractivity contribution is 0.905. The standard InChI is InChI=1S/C9H13ClN2S/c1-3-6(2)13-9-7(10)4-12-5-8(9)11/h4-6H,3,11H2,1-2H3. The Morgan fingerprint density at radius 3 is 2.85 bits per heavy atom. The number of thioether (sulfide) groups is 1. The topological polar surface area (TPSA) is 38.9 Å². The molecular weight excluding hydrogens is 204 g/mol. The molecule has 0 aliphatic carbocycles. The molecule has 0 saturated carbocycles. The number of nitrogens with zero attached hydrogens (tertiary/aromatic N) is 1. The molecule has 0 spiro atoms. The Balaban J connectivity index is 2.87. The van der Waals surface area contributed by atoms with E-state index in [1.807, 2.05) is 0 Å². The third-order valence-corrected chi connectivity index (χ3v) is 3.60. The van der Waals surface area contributed by atoms with Crippen LogP contribution < -0.4 is 5.73 Å². The molecule has 0 fully saturated rings. The van der Waals surface area contributed by atoms with E-state index < -0.39 is 0 Å². The molecule has 0 bridgehead atoms. The minimum atomic E-state index is 0.530. The lowest BCUT2D eigenvalue weighted by Gasteiger charge is -2.11. The van der Waals surface area contributed by atoms with Gasteiger partial charge < -0.3 is 5.73 Å². The van der Waals surface area contributed by atoms with Gasteiger partial charge in [-0.2, -0.15) is 0 Å². The Kier molecular flexibility index (Phi) is 3.88. The molecule has 0 saturated heterocycles. The summed E-state index contributed by atoms with van der Waals surface area (Å²) >= 11 is 7.67. The molecule has 1 atom stereocenters. The molecule has 0 aliphatic rings. The van der Waals surface area contributed by atoms with E-state index >= 15 is 0 Å². The number of nitrogens with two attached hydrogens (primary N) is 1. The molecule has 0 aromatic carbocycles. The predicted octanol–water partition coefficient (Wildman–Crippen LogP) is 3.21. The molecule has 72 valence electrons. The number of hydrogen-bond donors (Lipinski definition) is 1. The van der Waals surface area contributed by atoms with Crippen molar-refractivity contribution in [2.45, 2.75) is 30.4 Å². The van der Waals surface area contributed by atoms with Crippen molar-refractivity contribution < 1.29 is 0 Å². The number of halogens is 1. The lowest BCUT2D eigenvalue weighted by Crippen LogP contribution is -1.96. The molecule has 4 heteroatoms. The van der Waals surface area contributed by atoms with Crippen LogP contribution in [0.5, 0.6) is 0 Å². The monoisotopic (exact) mass is 216 g/mol. The van der Waals surface area contributed by atoms with Gasteiger partial charge >= 0.3 is 0 Å². The summed E-state index contributed by atoms with van der Waals surface area (Å²) in [6.45, 7) is 4.30. The second-order valence-corrected chi connectivity index (χ2v) is 4.73. The number of anilines is 1. The van der Waals surface area contributed by atoms with Crippen LogP contribution in [-0.4, -0.2) is 10.2 Å². The van der Waals surface area contributed by atoms with Crippen molar-refractivity contribution >= 4 is 29.1 Å². The maximum absolute atomic E-state index is 5.97. The van der Waals surface area contributed by atoms with E-state index in [1.54, 1.807) is 24.2 Å². The zero-order chi connectivity index (χ0) is 9.84. The lowest BCUT2D eigenvalue weighted by atomic mass is 10.4. The van der Waals surface area contributed by atoms with Crippen LogP contribution in [0.15, 0.2) is 17.3 Å². The summed E-state index contributed by atoms with van der Waals surface area (Å²) in [4.78, 5) is 4.86. The van der Waals surface area contributed by atoms with Gasteiger partial charge in [-0.05, 0) is 6.42 Å². The highest BCUT2D eigenvalue weighted by Gasteiger charge is 2.09. The van der Waals surface area contributed by atoms with Gasteiger partial charge in [0, 0.05) is 11.4 Å². The summed E-state index contributed by atoms with van der Waals surface area (Å²) in [7, 11) is 0. The van der Waals surface area contributed by atoms with Crippen molar-refractivity contribution in [2.24, 2.45) is 0 Å². The van der Waals surface area contributed by atoms with Crippen molar-refractivity contribution in [2.75, 3.05) is 5.73 Å². The second kappa shape index (κ2) is 4.72. The van der Waals surface area contributed by atoms with Crippen LogP contribution in [0.2, 0.25) is 5.02 Å². The summed E-state index contributed by atoms with van der Waals surface area (Å²) in [6, 6.07) is 0. The van der Waals surface area contributed by atoms with Gasteiger partial charge in [-0.15, -0.1) is 11.8 Å². The third kappa shape index (κ3) is 2.78. The summed E-state index contributed by atoms with van der Waals surface area (Å²) in [5.41, 5.74) is 6.42. The zero-order valence-electron chi connectivity index (χ0n) is 7.75. The van der Waals surface area contributed by atoms with Crippen LogP contribution in [-0.2, 0) is 0 Å². The van der Waals surface area contributed by atoms with Gasteiger partial charge in [-0.25, -0.2) is 0 Å². The van der Waals surface area contributed by atoms with Gasteiger partial charge in [0.2, 0.25) is 0 Å². The number of pyridine rings is 1. The Morgan fingerprint density at radius 2 is 2.31 bits per heavy atom. The maximum atomic E-state index is 5.97. The first-order valence-corrected chi connectivity index (χ1v) is 5.46.